The lowest BCUT2D eigenvalue weighted by Crippen LogP contribution is -2.11. The summed E-state index contributed by atoms with van der Waals surface area (Å²) in [5, 5.41) is 9.45. The van der Waals surface area contributed by atoms with Crippen LogP contribution in [-0.2, 0) is 9.84 Å². The van der Waals surface area contributed by atoms with Gasteiger partial charge in [0.15, 0.2) is 9.84 Å². The maximum absolute atomic E-state index is 11.3. The Morgan fingerprint density at radius 2 is 2.13 bits per heavy atom. The summed E-state index contributed by atoms with van der Waals surface area (Å²) < 4.78 is 23.0. The predicted molar refractivity (Wildman–Crippen MR) is 61.3 cm³/mol. The van der Waals surface area contributed by atoms with E-state index in [0.29, 0.717) is 10.0 Å². The minimum absolute atomic E-state index is 0.102. The molecule has 0 saturated heterocycles. The molecule has 0 spiro atoms. The molecule has 0 aromatic heterocycles. The highest BCUT2D eigenvalue weighted by Gasteiger charge is 2.14. The van der Waals surface area contributed by atoms with E-state index in [1.807, 2.05) is 0 Å². The second-order valence-electron chi connectivity index (χ2n) is 3.21. The van der Waals surface area contributed by atoms with Crippen molar-refractivity contribution in [2.24, 2.45) is 5.73 Å². The lowest BCUT2D eigenvalue weighted by Gasteiger charge is -2.10. The summed E-state index contributed by atoms with van der Waals surface area (Å²) in [6.45, 7) is 0.102. The Labute approximate surface area is 97.2 Å². The standard InChI is InChI=1S/C9H12BrNO3S/c1-15(13,14)9-3-2-6(4-7(9)10)8(12)5-11/h2-4,8,12H,5,11H2,1H3. The van der Waals surface area contributed by atoms with Gasteiger partial charge < -0.3 is 10.8 Å². The maximum Gasteiger partial charge on any atom is 0.176 e. The van der Waals surface area contributed by atoms with E-state index >= 15 is 0 Å². The zero-order chi connectivity index (χ0) is 11.6. The first-order valence-electron chi connectivity index (χ1n) is 4.24. The first-order chi connectivity index (χ1) is 6.86. The molecule has 1 atom stereocenters. The number of benzene rings is 1. The van der Waals surface area contributed by atoms with Gasteiger partial charge in [-0.2, -0.15) is 0 Å². The van der Waals surface area contributed by atoms with Crippen molar-refractivity contribution in [2.75, 3.05) is 12.8 Å². The van der Waals surface area contributed by atoms with Gasteiger partial charge in [-0.25, -0.2) is 8.42 Å². The van der Waals surface area contributed by atoms with Crippen molar-refractivity contribution in [1.82, 2.24) is 0 Å². The van der Waals surface area contributed by atoms with E-state index in [1.165, 1.54) is 6.07 Å². The van der Waals surface area contributed by atoms with Gasteiger partial charge >= 0.3 is 0 Å². The third-order valence-electron chi connectivity index (χ3n) is 1.96. The molecule has 1 unspecified atom stereocenters. The molecule has 0 aliphatic heterocycles. The quantitative estimate of drug-likeness (QED) is 0.866. The molecule has 0 saturated carbocycles. The van der Waals surface area contributed by atoms with Crippen LogP contribution in [0.15, 0.2) is 27.6 Å². The molecule has 3 N–H and O–H groups in total. The van der Waals surface area contributed by atoms with Gasteiger partial charge in [0.2, 0.25) is 0 Å². The second-order valence-corrected chi connectivity index (χ2v) is 6.05. The summed E-state index contributed by atoms with van der Waals surface area (Å²) in [4.78, 5) is 0.204. The van der Waals surface area contributed by atoms with E-state index in [4.69, 9.17) is 5.73 Å². The average Bonchev–Trinajstić information content (AvgIpc) is 2.14. The highest BCUT2D eigenvalue weighted by molar-refractivity contribution is 9.10. The number of aliphatic hydroxyl groups is 1. The number of hydrogen-bond acceptors (Lipinski definition) is 4. The molecule has 0 radical (unpaired) electrons. The van der Waals surface area contributed by atoms with Crippen molar-refractivity contribution in [3.05, 3.63) is 28.2 Å². The molecule has 0 bridgehead atoms. The molecule has 6 heteroatoms. The van der Waals surface area contributed by atoms with Crippen molar-refractivity contribution in [1.29, 1.82) is 0 Å². The van der Waals surface area contributed by atoms with Gasteiger partial charge in [-0.15, -0.1) is 0 Å². The molecule has 0 aliphatic carbocycles. The number of aliphatic hydroxyl groups excluding tert-OH is 1. The van der Waals surface area contributed by atoms with E-state index < -0.39 is 15.9 Å². The molecule has 84 valence electrons. The number of hydrogen-bond donors (Lipinski definition) is 2. The number of halogens is 1. The SMILES string of the molecule is CS(=O)(=O)c1ccc(C(O)CN)cc1Br. The number of nitrogens with two attached hydrogens (primary N) is 1. The van der Waals surface area contributed by atoms with Gasteiger partial charge in [0.05, 0.1) is 11.0 Å². The molecule has 0 heterocycles. The lowest BCUT2D eigenvalue weighted by atomic mass is 10.1. The van der Waals surface area contributed by atoms with Crippen molar-refractivity contribution in [3.8, 4) is 0 Å². The number of rotatable bonds is 3. The summed E-state index contributed by atoms with van der Waals surface area (Å²) in [5.74, 6) is 0. The predicted octanol–water partition coefficient (Wildman–Crippen LogP) is 0.845. The highest BCUT2D eigenvalue weighted by atomic mass is 79.9. The Bertz CT molecular complexity index is 458. The molecule has 1 aromatic rings. The Morgan fingerprint density at radius 3 is 2.53 bits per heavy atom. The molecular weight excluding hydrogens is 282 g/mol. The van der Waals surface area contributed by atoms with E-state index in [1.54, 1.807) is 12.1 Å². The first-order valence-corrected chi connectivity index (χ1v) is 6.92. The fourth-order valence-electron chi connectivity index (χ4n) is 1.16. The normalized spacial score (nSPS) is 13.9. The summed E-state index contributed by atoms with van der Waals surface area (Å²) in [5.41, 5.74) is 5.89. The van der Waals surface area contributed by atoms with Crippen LogP contribution in [0, 0.1) is 0 Å². The monoisotopic (exact) mass is 293 g/mol. The molecule has 15 heavy (non-hydrogen) atoms. The highest BCUT2D eigenvalue weighted by Crippen LogP contribution is 2.25. The molecule has 4 nitrogen and oxygen atoms in total. The van der Waals surface area contributed by atoms with E-state index in [2.05, 4.69) is 15.9 Å². The van der Waals surface area contributed by atoms with Crippen molar-refractivity contribution in [2.45, 2.75) is 11.0 Å². The van der Waals surface area contributed by atoms with Crippen molar-refractivity contribution < 1.29 is 13.5 Å². The van der Waals surface area contributed by atoms with Crippen LogP contribution in [0.3, 0.4) is 0 Å². The zero-order valence-corrected chi connectivity index (χ0v) is 10.5. The Morgan fingerprint density at radius 1 is 1.53 bits per heavy atom. The summed E-state index contributed by atoms with van der Waals surface area (Å²) in [7, 11) is -3.24. The maximum atomic E-state index is 11.3. The summed E-state index contributed by atoms with van der Waals surface area (Å²) >= 11 is 3.15. The Hall–Kier alpha value is -0.430. The van der Waals surface area contributed by atoms with Crippen LogP contribution in [0.5, 0.6) is 0 Å². The number of sulfone groups is 1. The van der Waals surface area contributed by atoms with Crippen LogP contribution in [-0.4, -0.2) is 26.3 Å². The Balaban J connectivity index is 3.21. The minimum Gasteiger partial charge on any atom is -0.387 e. The zero-order valence-electron chi connectivity index (χ0n) is 8.14. The largest absolute Gasteiger partial charge is 0.387 e. The second kappa shape index (κ2) is 4.61. The van der Waals surface area contributed by atoms with Crippen LogP contribution in [0.4, 0.5) is 0 Å². The first kappa shape index (κ1) is 12.6. The average molecular weight is 294 g/mol. The summed E-state index contributed by atoms with van der Waals surface area (Å²) in [6.07, 6.45) is 0.362. The van der Waals surface area contributed by atoms with Crippen LogP contribution in [0.2, 0.25) is 0 Å². The van der Waals surface area contributed by atoms with Gasteiger partial charge in [0.25, 0.3) is 0 Å². The van der Waals surface area contributed by atoms with Gasteiger partial charge in [-0.3, -0.25) is 0 Å². The van der Waals surface area contributed by atoms with Crippen LogP contribution in [0.25, 0.3) is 0 Å². The van der Waals surface area contributed by atoms with Gasteiger partial charge in [0, 0.05) is 17.3 Å². The van der Waals surface area contributed by atoms with Crippen LogP contribution >= 0.6 is 15.9 Å². The van der Waals surface area contributed by atoms with Gasteiger partial charge in [-0.05, 0) is 33.6 Å². The summed E-state index contributed by atoms with van der Waals surface area (Å²) in [6, 6.07) is 4.57. The van der Waals surface area contributed by atoms with Crippen LogP contribution in [0.1, 0.15) is 11.7 Å². The van der Waals surface area contributed by atoms with Gasteiger partial charge in [0.1, 0.15) is 0 Å². The smallest absolute Gasteiger partial charge is 0.176 e. The molecule has 0 fully saturated rings. The molecular formula is C9H12BrNO3S. The van der Waals surface area contributed by atoms with E-state index in [9.17, 15) is 13.5 Å². The van der Waals surface area contributed by atoms with E-state index in [-0.39, 0.29) is 11.4 Å². The van der Waals surface area contributed by atoms with Crippen molar-refractivity contribution in [3.63, 3.8) is 0 Å². The van der Waals surface area contributed by atoms with Crippen LogP contribution < -0.4 is 5.73 Å². The third-order valence-corrected chi connectivity index (χ3v) is 4.04. The fourth-order valence-corrected chi connectivity index (χ4v) is 3.17. The third kappa shape index (κ3) is 3.01. The molecule has 1 aromatic carbocycles. The van der Waals surface area contributed by atoms with E-state index in [0.717, 1.165) is 6.26 Å². The Kier molecular flexibility index (Phi) is 3.88. The fraction of sp³-hybridized carbons (Fsp3) is 0.333. The molecule has 1 rings (SSSR count). The molecule has 0 aliphatic rings. The topological polar surface area (TPSA) is 80.4 Å². The lowest BCUT2D eigenvalue weighted by molar-refractivity contribution is 0.186. The molecule has 0 amide bonds. The minimum atomic E-state index is -3.24. The van der Waals surface area contributed by atoms with Crippen molar-refractivity contribution >= 4 is 25.8 Å². The van der Waals surface area contributed by atoms with Gasteiger partial charge in [-0.1, -0.05) is 6.07 Å².